The lowest BCUT2D eigenvalue weighted by Gasteiger charge is -2.20. The Labute approximate surface area is 121 Å². The minimum atomic E-state index is -1.35. The molecule has 0 aliphatic carbocycles. The average Bonchev–Trinajstić information content (AvgIpc) is 2.35. The lowest BCUT2D eigenvalue weighted by Crippen LogP contribution is -2.44. The molecule has 1 unspecified atom stereocenters. The molecule has 1 rings (SSSR count). The number of carbonyl (C=O) groups is 1. The molecule has 1 aromatic rings. The van der Waals surface area contributed by atoms with Gasteiger partial charge in [-0.25, -0.2) is 0 Å². The van der Waals surface area contributed by atoms with E-state index in [0.29, 0.717) is 15.8 Å². The zero-order valence-corrected chi connectivity index (χ0v) is 11.8. The average molecular weight is 308 g/mol. The molecule has 0 radical (unpaired) electrons. The molecular formula is C12H15Cl2NO4. The Morgan fingerprint density at radius 2 is 2.16 bits per heavy atom. The number of aliphatic hydroxyl groups excluding tert-OH is 1. The summed E-state index contributed by atoms with van der Waals surface area (Å²) in [5.74, 6) is -0.0881. The molecule has 7 heteroatoms. The minimum absolute atomic E-state index is 0.0694. The second-order valence-electron chi connectivity index (χ2n) is 4.30. The van der Waals surface area contributed by atoms with E-state index >= 15 is 0 Å². The zero-order chi connectivity index (χ0) is 14.5. The molecule has 1 amide bonds. The number of carbonyl (C=O) groups excluding carboxylic acids is 1. The van der Waals surface area contributed by atoms with Crippen molar-refractivity contribution in [1.29, 1.82) is 0 Å². The summed E-state index contributed by atoms with van der Waals surface area (Å²) in [5, 5.41) is 21.5. The smallest absolute Gasteiger partial charge is 0.258 e. The van der Waals surface area contributed by atoms with Crippen LogP contribution in [-0.4, -0.2) is 41.5 Å². The van der Waals surface area contributed by atoms with Crippen molar-refractivity contribution in [2.24, 2.45) is 0 Å². The summed E-state index contributed by atoms with van der Waals surface area (Å²) in [7, 11) is 0. The Bertz CT molecular complexity index is 451. The van der Waals surface area contributed by atoms with Crippen LogP contribution in [0.25, 0.3) is 0 Å². The Kier molecular flexibility index (Phi) is 5.87. The van der Waals surface area contributed by atoms with Crippen LogP contribution in [0.15, 0.2) is 18.2 Å². The van der Waals surface area contributed by atoms with Gasteiger partial charge in [-0.15, -0.1) is 0 Å². The van der Waals surface area contributed by atoms with Gasteiger partial charge in [0.2, 0.25) is 0 Å². The summed E-state index contributed by atoms with van der Waals surface area (Å²) in [6, 6.07) is 4.66. The number of hydrogen-bond acceptors (Lipinski definition) is 4. The SMILES string of the molecule is CC(O)(CO)CNC(=O)COc1ccc(Cl)cc1Cl. The van der Waals surface area contributed by atoms with Crippen molar-refractivity contribution in [2.45, 2.75) is 12.5 Å². The Balaban J connectivity index is 2.42. The highest BCUT2D eigenvalue weighted by molar-refractivity contribution is 6.35. The first-order valence-electron chi connectivity index (χ1n) is 5.52. The predicted octanol–water partition coefficient (Wildman–Crippen LogP) is 1.23. The van der Waals surface area contributed by atoms with Crippen LogP contribution in [0.3, 0.4) is 0 Å². The number of benzene rings is 1. The third-order valence-electron chi connectivity index (χ3n) is 2.26. The van der Waals surface area contributed by atoms with Crippen molar-refractivity contribution in [3.05, 3.63) is 28.2 Å². The van der Waals surface area contributed by atoms with Gasteiger partial charge < -0.3 is 20.3 Å². The molecule has 0 bridgehead atoms. The quantitative estimate of drug-likeness (QED) is 0.738. The summed E-state index contributed by atoms with van der Waals surface area (Å²) in [5.41, 5.74) is -1.35. The fourth-order valence-electron chi connectivity index (χ4n) is 1.13. The molecule has 1 aromatic carbocycles. The molecule has 19 heavy (non-hydrogen) atoms. The van der Waals surface area contributed by atoms with Crippen LogP contribution < -0.4 is 10.1 Å². The van der Waals surface area contributed by atoms with Crippen LogP contribution in [0.1, 0.15) is 6.92 Å². The summed E-state index contributed by atoms with van der Waals surface area (Å²) in [6.45, 7) is 0.643. The highest BCUT2D eigenvalue weighted by Crippen LogP contribution is 2.27. The third kappa shape index (κ3) is 5.65. The molecule has 0 spiro atoms. The van der Waals surface area contributed by atoms with Crippen molar-refractivity contribution >= 4 is 29.1 Å². The molecule has 0 saturated carbocycles. The van der Waals surface area contributed by atoms with E-state index in [-0.39, 0.29) is 13.2 Å². The Hall–Kier alpha value is -1.01. The molecule has 0 aromatic heterocycles. The van der Waals surface area contributed by atoms with Crippen LogP contribution >= 0.6 is 23.2 Å². The van der Waals surface area contributed by atoms with E-state index in [4.69, 9.17) is 33.0 Å². The molecule has 0 aliphatic heterocycles. The molecule has 0 fully saturated rings. The first-order chi connectivity index (χ1) is 8.84. The molecule has 106 valence electrons. The maximum Gasteiger partial charge on any atom is 0.258 e. The number of ether oxygens (including phenoxy) is 1. The van der Waals surface area contributed by atoms with Gasteiger partial charge in [0.25, 0.3) is 5.91 Å². The first kappa shape index (κ1) is 16.0. The van der Waals surface area contributed by atoms with Gasteiger partial charge in [-0.2, -0.15) is 0 Å². The highest BCUT2D eigenvalue weighted by atomic mass is 35.5. The molecular weight excluding hydrogens is 293 g/mol. The van der Waals surface area contributed by atoms with E-state index in [1.54, 1.807) is 12.1 Å². The molecule has 1 atom stereocenters. The lowest BCUT2D eigenvalue weighted by molar-refractivity contribution is -0.124. The number of amides is 1. The van der Waals surface area contributed by atoms with Crippen molar-refractivity contribution < 1.29 is 19.7 Å². The molecule has 0 saturated heterocycles. The topological polar surface area (TPSA) is 78.8 Å². The van der Waals surface area contributed by atoms with Gasteiger partial charge in [-0.1, -0.05) is 23.2 Å². The van der Waals surface area contributed by atoms with Gasteiger partial charge >= 0.3 is 0 Å². The van der Waals surface area contributed by atoms with Gasteiger partial charge in [0.1, 0.15) is 11.4 Å². The van der Waals surface area contributed by atoms with Gasteiger partial charge in [0, 0.05) is 11.6 Å². The van der Waals surface area contributed by atoms with E-state index in [1.165, 1.54) is 13.0 Å². The normalized spacial score (nSPS) is 13.7. The molecule has 5 nitrogen and oxygen atoms in total. The van der Waals surface area contributed by atoms with Crippen molar-refractivity contribution in [2.75, 3.05) is 19.8 Å². The number of halogens is 2. The summed E-state index contributed by atoms with van der Waals surface area (Å²) in [6.07, 6.45) is 0. The number of aliphatic hydroxyl groups is 2. The summed E-state index contributed by atoms with van der Waals surface area (Å²) >= 11 is 11.6. The molecule has 0 heterocycles. The van der Waals surface area contributed by atoms with Crippen LogP contribution in [0.2, 0.25) is 10.0 Å². The van der Waals surface area contributed by atoms with Crippen LogP contribution in [0, 0.1) is 0 Å². The Morgan fingerprint density at radius 3 is 2.74 bits per heavy atom. The summed E-state index contributed by atoms with van der Waals surface area (Å²) < 4.78 is 5.21. The van der Waals surface area contributed by atoms with Crippen molar-refractivity contribution in [1.82, 2.24) is 5.32 Å². The zero-order valence-electron chi connectivity index (χ0n) is 10.3. The van der Waals surface area contributed by atoms with E-state index in [9.17, 15) is 9.90 Å². The molecule has 0 aliphatic rings. The van der Waals surface area contributed by atoms with Crippen LogP contribution in [-0.2, 0) is 4.79 Å². The second-order valence-corrected chi connectivity index (χ2v) is 5.14. The van der Waals surface area contributed by atoms with Gasteiger partial charge in [-0.05, 0) is 25.1 Å². The van der Waals surface area contributed by atoms with Crippen LogP contribution in [0.5, 0.6) is 5.75 Å². The van der Waals surface area contributed by atoms with Crippen molar-refractivity contribution in [3.8, 4) is 5.75 Å². The third-order valence-corrected chi connectivity index (χ3v) is 2.79. The fraction of sp³-hybridized carbons (Fsp3) is 0.417. The van der Waals surface area contributed by atoms with Gasteiger partial charge in [0.15, 0.2) is 6.61 Å². The number of nitrogens with one attached hydrogen (secondary N) is 1. The largest absolute Gasteiger partial charge is 0.482 e. The van der Waals surface area contributed by atoms with Gasteiger partial charge in [0.05, 0.1) is 11.6 Å². The lowest BCUT2D eigenvalue weighted by atomic mass is 10.1. The predicted molar refractivity (Wildman–Crippen MR) is 72.7 cm³/mol. The van der Waals surface area contributed by atoms with E-state index in [2.05, 4.69) is 5.32 Å². The maximum atomic E-state index is 11.5. The first-order valence-corrected chi connectivity index (χ1v) is 6.27. The summed E-state index contributed by atoms with van der Waals surface area (Å²) in [4.78, 5) is 11.5. The number of hydrogen-bond donors (Lipinski definition) is 3. The standard InChI is InChI=1S/C12H15Cl2NO4/c1-12(18,7-16)6-15-11(17)5-19-10-3-2-8(13)4-9(10)14/h2-4,16,18H,5-7H2,1H3,(H,15,17). The Morgan fingerprint density at radius 1 is 1.47 bits per heavy atom. The monoisotopic (exact) mass is 307 g/mol. The fourth-order valence-corrected chi connectivity index (χ4v) is 1.59. The van der Waals surface area contributed by atoms with E-state index in [0.717, 1.165) is 0 Å². The number of rotatable bonds is 6. The van der Waals surface area contributed by atoms with E-state index in [1.807, 2.05) is 0 Å². The molecule has 3 N–H and O–H groups in total. The maximum absolute atomic E-state index is 11.5. The second kappa shape index (κ2) is 6.96. The van der Waals surface area contributed by atoms with Crippen LogP contribution in [0.4, 0.5) is 0 Å². The van der Waals surface area contributed by atoms with Gasteiger partial charge in [-0.3, -0.25) is 4.79 Å². The van der Waals surface area contributed by atoms with Crippen molar-refractivity contribution in [3.63, 3.8) is 0 Å². The minimum Gasteiger partial charge on any atom is -0.482 e. The highest BCUT2D eigenvalue weighted by Gasteiger charge is 2.19. The van der Waals surface area contributed by atoms with E-state index < -0.39 is 18.1 Å².